The van der Waals surface area contributed by atoms with Crippen LogP contribution >= 0.6 is 0 Å². The Kier molecular flexibility index (Phi) is 5.97. The van der Waals surface area contributed by atoms with Crippen molar-refractivity contribution in [2.75, 3.05) is 19.6 Å². The first-order valence-electron chi connectivity index (χ1n) is 6.67. The summed E-state index contributed by atoms with van der Waals surface area (Å²) in [5.74, 6) is -0.138. The Balaban J connectivity index is 2.52. The zero-order valence-electron chi connectivity index (χ0n) is 12.4. The summed E-state index contributed by atoms with van der Waals surface area (Å²) in [6, 6.07) is 5.62. The highest BCUT2D eigenvalue weighted by molar-refractivity contribution is 5.94. The summed E-state index contributed by atoms with van der Waals surface area (Å²) in [5, 5.41) is 2.82. The number of nitrogens with zero attached hydrogens (tertiary/aromatic N) is 1. The maximum atomic E-state index is 12.0. The van der Waals surface area contributed by atoms with Gasteiger partial charge in [-0.1, -0.05) is 12.1 Å². The number of carbonyl (C=O) groups excluding carboxylic acids is 2. The minimum atomic E-state index is -0.116. The molecule has 4 heteroatoms. The van der Waals surface area contributed by atoms with Gasteiger partial charge in [0, 0.05) is 32.1 Å². The van der Waals surface area contributed by atoms with Crippen LogP contribution in [0.25, 0.3) is 0 Å². The molecule has 1 aromatic carbocycles. The van der Waals surface area contributed by atoms with Crippen LogP contribution in [0.3, 0.4) is 0 Å². The number of carbonyl (C=O) groups is 2. The fraction of sp³-hybridized carbons (Fsp3) is 0.375. The van der Waals surface area contributed by atoms with Gasteiger partial charge < -0.3 is 10.2 Å². The minimum absolute atomic E-state index is 0.0228. The molecule has 1 N–H and O–H groups in total. The van der Waals surface area contributed by atoms with Crippen molar-refractivity contribution >= 4 is 11.8 Å². The maximum absolute atomic E-state index is 12.0. The smallest absolute Gasteiger partial charge is 0.251 e. The molecule has 2 amide bonds. The third kappa shape index (κ3) is 4.53. The minimum Gasteiger partial charge on any atom is -0.350 e. The number of hydrogen-bond donors (Lipinski definition) is 1. The van der Waals surface area contributed by atoms with Gasteiger partial charge >= 0.3 is 0 Å². The van der Waals surface area contributed by atoms with Crippen molar-refractivity contribution in [3.63, 3.8) is 0 Å². The molecule has 1 rings (SSSR count). The van der Waals surface area contributed by atoms with Crippen molar-refractivity contribution in [1.29, 1.82) is 0 Å². The Hall–Kier alpha value is -2.10. The van der Waals surface area contributed by atoms with E-state index in [-0.39, 0.29) is 11.8 Å². The largest absolute Gasteiger partial charge is 0.350 e. The lowest BCUT2D eigenvalue weighted by Gasteiger charge is -2.19. The van der Waals surface area contributed by atoms with Gasteiger partial charge in [0.2, 0.25) is 5.91 Å². The number of aryl methyl sites for hydroxylation is 2. The van der Waals surface area contributed by atoms with Crippen LogP contribution < -0.4 is 5.32 Å². The van der Waals surface area contributed by atoms with Gasteiger partial charge in [0.15, 0.2) is 0 Å². The lowest BCUT2D eigenvalue weighted by molar-refractivity contribution is -0.128. The Labute approximate surface area is 120 Å². The van der Waals surface area contributed by atoms with E-state index in [0.717, 1.165) is 11.1 Å². The van der Waals surface area contributed by atoms with E-state index in [9.17, 15) is 9.59 Å². The average molecular weight is 274 g/mol. The molecule has 0 unspecified atom stereocenters. The molecule has 0 aliphatic carbocycles. The van der Waals surface area contributed by atoms with Crippen LogP contribution in [0.5, 0.6) is 0 Å². The Bertz CT molecular complexity index is 509. The molecule has 0 aliphatic heterocycles. The third-order valence-electron chi connectivity index (χ3n) is 3.23. The predicted octanol–water partition coefficient (Wildman–Crippen LogP) is 2.07. The van der Waals surface area contributed by atoms with Crippen molar-refractivity contribution in [1.82, 2.24) is 10.2 Å². The summed E-state index contributed by atoms with van der Waals surface area (Å²) in [6.45, 7) is 10.5. The summed E-state index contributed by atoms with van der Waals surface area (Å²) in [4.78, 5) is 24.9. The average Bonchev–Trinajstić information content (AvgIpc) is 2.40. The molecule has 0 saturated heterocycles. The molecule has 0 aromatic heterocycles. The first-order valence-corrected chi connectivity index (χ1v) is 6.67. The Morgan fingerprint density at radius 2 is 2.00 bits per heavy atom. The van der Waals surface area contributed by atoms with E-state index in [1.54, 1.807) is 11.0 Å². The highest BCUT2D eigenvalue weighted by atomic mass is 16.2. The zero-order valence-corrected chi connectivity index (χ0v) is 12.4. The van der Waals surface area contributed by atoms with Crippen molar-refractivity contribution in [3.05, 3.63) is 47.5 Å². The topological polar surface area (TPSA) is 49.4 Å². The summed E-state index contributed by atoms with van der Waals surface area (Å²) in [6.07, 6.45) is 1.67. The van der Waals surface area contributed by atoms with Crippen LogP contribution in [0.2, 0.25) is 0 Å². The standard InChI is InChI=1S/C16H22N2O2/c1-5-9-18(14(4)19)10-8-17-16(20)15-7-6-12(2)13(3)11-15/h5-7,11H,1,8-10H2,2-4H3,(H,17,20). The maximum Gasteiger partial charge on any atom is 0.251 e. The normalized spacial score (nSPS) is 9.95. The molecule has 0 aliphatic rings. The molecule has 0 spiro atoms. The summed E-state index contributed by atoms with van der Waals surface area (Å²) >= 11 is 0. The van der Waals surface area contributed by atoms with Crippen molar-refractivity contribution in [2.24, 2.45) is 0 Å². The lowest BCUT2D eigenvalue weighted by Crippen LogP contribution is -2.37. The Morgan fingerprint density at radius 3 is 2.55 bits per heavy atom. The third-order valence-corrected chi connectivity index (χ3v) is 3.23. The van der Waals surface area contributed by atoms with E-state index < -0.39 is 0 Å². The van der Waals surface area contributed by atoms with Crippen molar-refractivity contribution in [2.45, 2.75) is 20.8 Å². The number of nitrogens with one attached hydrogen (secondary N) is 1. The van der Waals surface area contributed by atoms with E-state index in [1.165, 1.54) is 6.92 Å². The molecule has 0 radical (unpaired) electrons. The lowest BCUT2D eigenvalue weighted by atomic mass is 10.1. The van der Waals surface area contributed by atoms with Crippen molar-refractivity contribution in [3.8, 4) is 0 Å². The SMILES string of the molecule is C=CCN(CCNC(=O)c1ccc(C)c(C)c1)C(C)=O. The van der Waals surface area contributed by atoms with Crippen LogP contribution in [-0.4, -0.2) is 36.3 Å². The number of benzene rings is 1. The molecule has 1 aromatic rings. The molecule has 0 heterocycles. The summed E-state index contributed by atoms with van der Waals surface area (Å²) in [7, 11) is 0. The predicted molar refractivity (Wildman–Crippen MR) is 80.7 cm³/mol. The second-order valence-electron chi connectivity index (χ2n) is 4.81. The first-order chi connectivity index (χ1) is 9.45. The molecular formula is C16H22N2O2. The fourth-order valence-electron chi connectivity index (χ4n) is 1.82. The van der Waals surface area contributed by atoms with Gasteiger partial charge in [-0.2, -0.15) is 0 Å². The number of hydrogen-bond acceptors (Lipinski definition) is 2. The van der Waals surface area contributed by atoms with Crippen LogP contribution in [0.4, 0.5) is 0 Å². The van der Waals surface area contributed by atoms with Crippen LogP contribution in [0.1, 0.15) is 28.4 Å². The highest BCUT2D eigenvalue weighted by Crippen LogP contribution is 2.09. The van der Waals surface area contributed by atoms with E-state index >= 15 is 0 Å². The van der Waals surface area contributed by atoms with Crippen molar-refractivity contribution < 1.29 is 9.59 Å². The number of rotatable bonds is 6. The van der Waals surface area contributed by atoms with Gasteiger partial charge in [-0.05, 0) is 37.1 Å². The molecular weight excluding hydrogens is 252 g/mol. The van der Waals surface area contributed by atoms with Crippen LogP contribution in [-0.2, 0) is 4.79 Å². The summed E-state index contributed by atoms with van der Waals surface area (Å²) < 4.78 is 0. The molecule has 0 atom stereocenters. The second kappa shape index (κ2) is 7.48. The fourth-order valence-corrected chi connectivity index (χ4v) is 1.82. The van der Waals surface area contributed by atoms with Gasteiger partial charge in [-0.3, -0.25) is 9.59 Å². The molecule has 0 bridgehead atoms. The summed E-state index contributed by atoms with van der Waals surface area (Å²) in [5.41, 5.74) is 2.90. The van der Waals surface area contributed by atoms with Gasteiger partial charge in [-0.15, -0.1) is 6.58 Å². The molecule has 0 saturated carbocycles. The Morgan fingerprint density at radius 1 is 1.30 bits per heavy atom. The van der Waals surface area contributed by atoms with Crippen LogP contribution in [0.15, 0.2) is 30.9 Å². The van der Waals surface area contributed by atoms with Gasteiger partial charge in [0.05, 0.1) is 0 Å². The van der Waals surface area contributed by atoms with Gasteiger partial charge in [0.25, 0.3) is 5.91 Å². The first kappa shape index (κ1) is 16.0. The van der Waals surface area contributed by atoms with E-state index in [2.05, 4.69) is 11.9 Å². The molecule has 4 nitrogen and oxygen atoms in total. The highest BCUT2D eigenvalue weighted by Gasteiger charge is 2.09. The van der Waals surface area contributed by atoms with Gasteiger partial charge in [-0.25, -0.2) is 0 Å². The van der Waals surface area contributed by atoms with E-state index in [0.29, 0.717) is 25.2 Å². The zero-order chi connectivity index (χ0) is 15.1. The number of amides is 2. The molecule has 108 valence electrons. The van der Waals surface area contributed by atoms with Gasteiger partial charge in [0.1, 0.15) is 0 Å². The van der Waals surface area contributed by atoms with E-state index in [1.807, 2.05) is 32.0 Å². The monoisotopic (exact) mass is 274 g/mol. The molecule has 0 fully saturated rings. The van der Waals surface area contributed by atoms with Crippen LogP contribution in [0, 0.1) is 13.8 Å². The molecule has 20 heavy (non-hydrogen) atoms. The van der Waals surface area contributed by atoms with E-state index in [4.69, 9.17) is 0 Å². The second-order valence-corrected chi connectivity index (χ2v) is 4.81. The quantitative estimate of drug-likeness (QED) is 0.807.